The number of carbonyl (C=O) groups is 1. The molecule has 0 heterocycles. The molecule has 0 saturated carbocycles. The summed E-state index contributed by atoms with van der Waals surface area (Å²) in [5, 5.41) is 0. The molecule has 0 fully saturated rings. The SMILES string of the molecule is CC(C)(C)C(=O)CC=C[C]=O. The summed E-state index contributed by atoms with van der Waals surface area (Å²) in [4.78, 5) is 20.9. The topological polar surface area (TPSA) is 34.1 Å². The van der Waals surface area contributed by atoms with Crippen LogP contribution in [0.3, 0.4) is 0 Å². The number of allylic oxidation sites excluding steroid dienone is 2. The Bertz CT molecular complexity index is 172. The second-order valence-electron chi connectivity index (χ2n) is 3.40. The van der Waals surface area contributed by atoms with E-state index in [9.17, 15) is 9.59 Å². The predicted molar refractivity (Wildman–Crippen MR) is 43.9 cm³/mol. The van der Waals surface area contributed by atoms with Crippen molar-refractivity contribution in [1.82, 2.24) is 0 Å². The van der Waals surface area contributed by atoms with E-state index in [1.54, 1.807) is 6.29 Å². The molecule has 0 saturated heterocycles. The van der Waals surface area contributed by atoms with Crippen LogP contribution in [0.1, 0.15) is 27.2 Å². The number of rotatable bonds is 3. The monoisotopic (exact) mass is 153 g/mol. The third-order valence-electron chi connectivity index (χ3n) is 1.33. The summed E-state index contributed by atoms with van der Waals surface area (Å²) in [5.41, 5.74) is -0.312. The maximum atomic E-state index is 11.2. The molecule has 0 amide bonds. The fourth-order valence-corrected chi connectivity index (χ4v) is 0.520. The van der Waals surface area contributed by atoms with Crippen molar-refractivity contribution < 1.29 is 9.59 Å². The van der Waals surface area contributed by atoms with Crippen molar-refractivity contribution in [2.45, 2.75) is 27.2 Å². The van der Waals surface area contributed by atoms with E-state index in [-0.39, 0.29) is 11.2 Å². The Morgan fingerprint density at radius 2 is 2.00 bits per heavy atom. The highest BCUT2D eigenvalue weighted by molar-refractivity contribution is 5.85. The van der Waals surface area contributed by atoms with Crippen molar-refractivity contribution in [3.63, 3.8) is 0 Å². The van der Waals surface area contributed by atoms with Gasteiger partial charge in [0.2, 0.25) is 6.29 Å². The summed E-state index contributed by atoms with van der Waals surface area (Å²) in [5.74, 6) is 0.129. The minimum absolute atomic E-state index is 0.129. The zero-order valence-electron chi connectivity index (χ0n) is 7.18. The summed E-state index contributed by atoms with van der Waals surface area (Å²) < 4.78 is 0. The zero-order valence-corrected chi connectivity index (χ0v) is 7.18. The summed E-state index contributed by atoms with van der Waals surface area (Å²) >= 11 is 0. The van der Waals surface area contributed by atoms with Crippen LogP contribution in [0, 0.1) is 5.41 Å². The molecule has 0 aliphatic rings. The molecule has 0 unspecified atom stereocenters. The summed E-state index contributed by atoms with van der Waals surface area (Å²) in [7, 11) is 0. The lowest BCUT2D eigenvalue weighted by atomic mass is 9.89. The van der Waals surface area contributed by atoms with E-state index < -0.39 is 0 Å². The zero-order chi connectivity index (χ0) is 8.91. The molecule has 0 aliphatic heterocycles. The highest BCUT2D eigenvalue weighted by atomic mass is 16.1. The first-order valence-electron chi connectivity index (χ1n) is 3.54. The Labute approximate surface area is 67.3 Å². The van der Waals surface area contributed by atoms with Gasteiger partial charge in [-0.05, 0) is 6.08 Å². The van der Waals surface area contributed by atoms with Crippen molar-refractivity contribution in [2.24, 2.45) is 5.41 Å². The maximum absolute atomic E-state index is 11.2. The second-order valence-corrected chi connectivity index (χ2v) is 3.40. The molecule has 2 nitrogen and oxygen atoms in total. The van der Waals surface area contributed by atoms with Gasteiger partial charge in [-0.15, -0.1) is 0 Å². The number of hydrogen-bond acceptors (Lipinski definition) is 2. The van der Waals surface area contributed by atoms with Crippen LogP contribution in [0.2, 0.25) is 0 Å². The van der Waals surface area contributed by atoms with Gasteiger partial charge in [0.05, 0.1) is 0 Å². The molecule has 0 rings (SSSR count). The lowest BCUT2D eigenvalue weighted by Gasteiger charge is -2.14. The van der Waals surface area contributed by atoms with E-state index in [1.165, 1.54) is 12.2 Å². The quantitative estimate of drug-likeness (QED) is 0.578. The van der Waals surface area contributed by atoms with Crippen LogP contribution in [0.4, 0.5) is 0 Å². The average molecular weight is 153 g/mol. The Morgan fingerprint density at radius 3 is 2.36 bits per heavy atom. The third-order valence-corrected chi connectivity index (χ3v) is 1.33. The Kier molecular flexibility index (Phi) is 3.72. The van der Waals surface area contributed by atoms with Gasteiger partial charge in [-0.1, -0.05) is 26.8 Å². The average Bonchev–Trinajstić information content (AvgIpc) is 1.86. The van der Waals surface area contributed by atoms with Gasteiger partial charge < -0.3 is 0 Å². The van der Waals surface area contributed by atoms with Crippen LogP contribution in [0.25, 0.3) is 0 Å². The van der Waals surface area contributed by atoms with Crippen LogP contribution in [-0.4, -0.2) is 12.1 Å². The van der Waals surface area contributed by atoms with Crippen LogP contribution in [0.15, 0.2) is 12.2 Å². The van der Waals surface area contributed by atoms with Crippen molar-refractivity contribution in [1.29, 1.82) is 0 Å². The minimum Gasteiger partial charge on any atom is -0.299 e. The first kappa shape index (κ1) is 10.1. The summed E-state index contributed by atoms with van der Waals surface area (Å²) in [6.07, 6.45) is 4.66. The molecule has 0 aromatic carbocycles. The van der Waals surface area contributed by atoms with E-state index in [4.69, 9.17) is 0 Å². The lowest BCUT2D eigenvalue weighted by Crippen LogP contribution is -2.18. The first-order valence-corrected chi connectivity index (χ1v) is 3.54. The van der Waals surface area contributed by atoms with Gasteiger partial charge in [-0.25, -0.2) is 0 Å². The molecular weight excluding hydrogens is 140 g/mol. The number of hydrogen-bond donors (Lipinski definition) is 0. The molecule has 0 bridgehead atoms. The van der Waals surface area contributed by atoms with Gasteiger partial charge in [0.15, 0.2) is 0 Å². The van der Waals surface area contributed by atoms with Gasteiger partial charge in [-0.3, -0.25) is 9.59 Å². The smallest absolute Gasteiger partial charge is 0.225 e. The van der Waals surface area contributed by atoms with Crippen molar-refractivity contribution in [2.75, 3.05) is 0 Å². The van der Waals surface area contributed by atoms with Gasteiger partial charge in [0, 0.05) is 11.8 Å². The molecule has 0 N–H and O–H groups in total. The molecule has 11 heavy (non-hydrogen) atoms. The van der Waals surface area contributed by atoms with Gasteiger partial charge in [0.25, 0.3) is 0 Å². The molecule has 61 valence electrons. The predicted octanol–water partition coefficient (Wildman–Crippen LogP) is 1.66. The van der Waals surface area contributed by atoms with Crippen molar-refractivity contribution in [3.8, 4) is 0 Å². The molecule has 0 atom stereocenters. The molecule has 0 aromatic rings. The Morgan fingerprint density at radius 1 is 1.45 bits per heavy atom. The summed E-state index contributed by atoms with van der Waals surface area (Å²) in [6.45, 7) is 5.56. The normalized spacial score (nSPS) is 11.9. The summed E-state index contributed by atoms with van der Waals surface area (Å²) in [6, 6.07) is 0. The Balaban J connectivity index is 3.89. The standard InChI is InChI=1S/C9H13O2/c1-9(2,3)8(11)6-4-5-7-10/h4-5H,6H2,1-3H3. The molecular formula is C9H13O2. The number of carbonyl (C=O) groups excluding carboxylic acids is 2. The van der Waals surface area contributed by atoms with E-state index in [0.717, 1.165) is 0 Å². The largest absolute Gasteiger partial charge is 0.299 e. The van der Waals surface area contributed by atoms with Crippen LogP contribution < -0.4 is 0 Å². The molecule has 0 spiro atoms. The molecule has 0 aliphatic carbocycles. The fraction of sp³-hybridized carbons (Fsp3) is 0.556. The number of Topliss-reactive ketones (excluding diaryl/α,β-unsaturated/α-hetero) is 1. The fourth-order valence-electron chi connectivity index (χ4n) is 0.520. The lowest BCUT2D eigenvalue weighted by molar-refractivity contribution is -0.125. The van der Waals surface area contributed by atoms with E-state index in [1.807, 2.05) is 20.8 Å². The van der Waals surface area contributed by atoms with Crippen molar-refractivity contribution >= 4 is 12.1 Å². The van der Waals surface area contributed by atoms with Gasteiger partial charge in [-0.2, -0.15) is 0 Å². The van der Waals surface area contributed by atoms with Gasteiger partial charge in [0.1, 0.15) is 5.78 Å². The molecule has 0 aromatic heterocycles. The van der Waals surface area contributed by atoms with Crippen LogP contribution >= 0.6 is 0 Å². The van der Waals surface area contributed by atoms with Gasteiger partial charge >= 0.3 is 0 Å². The van der Waals surface area contributed by atoms with E-state index in [2.05, 4.69) is 0 Å². The third kappa shape index (κ3) is 4.48. The second kappa shape index (κ2) is 4.06. The first-order chi connectivity index (χ1) is 4.98. The van der Waals surface area contributed by atoms with E-state index >= 15 is 0 Å². The highest BCUT2D eigenvalue weighted by Crippen LogP contribution is 2.16. The van der Waals surface area contributed by atoms with Crippen LogP contribution in [-0.2, 0) is 9.59 Å². The Hall–Kier alpha value is -0.920. The highest BCUT2D eigenvalue weighted by Gasteiger charge is 2.18. The minimum atomic E-state index is -0.312. The molecule has 2 heteroatoms. The number of ketones is 1. The van der Waals surface area contributed by atoms with Crippen molar-refractivity contribution in [3.05, 3.63) is 12.2 Å². The van der Waals surface area contributed by atoms with E-state index in [0.29, 0.717) is 6.42 Å². The van der Waals surface area contributed by atoms with Crippen LogP contribution in [0.5, 0.6) is 0 Å². The molecule has 1 radical (unpaired) electrons. The maximum Gasteiger partial charge on any atom is 0.225 e.